The van der Waals surface area contributed by atoms with Crippen LogP contribution in [0.3, 0.4) is 0 Å². The molecule has 0 aromatic rings. The first-order valence-corrected chi connectivity index (χ1v) is 2.99. The topological polar surface area (TPSA) is 29.5 Å². The summed E-state index contributed by atoms with van der Waals surface area (Å²) in [5.41, 5.74) is 0. The van der Waals surface area contributed by atoms with Gasteiger partial charge in [0.2, 0.25) is 0 Å². The molecule has 1 heterocycles. The lowest BCUT2D eigenvalue weighted by atomic mass is 10.2. The van der Waals surface area contributed by atoms with Gasteiger partial charge in [-0.15, -0.1) is 0 Å². The summed E-state index contributed by atoms with van der Waals surface area (Å²) in [7, 11) is 0. The molecule has 0 amide bonds. The molecular weight excluding hydrogens is 104 g/mol. The van der Waals surface area contributed by atoms with Gasteiger partial charge in [0.25, 0.3) is 0 Å². The highest BCUT2D eigenvalue weighted by molar-refractivity contribution is 4.76. The van der Waals surface area contributed by atoms with Crippen LogP contribution >= 0.6 is 0 Å². The minimum atomic E-state index is -0.225. The molecule has 2 heteroatoms. The fourth-order valence-corrected chi connectivity index (χ4v) is 0.775. The SMILES string of the molecule is OC1[CH]COCCC1. The molecule has 0 bridgehead atoms. The van der Waals surface area contributed by atoms with E-state index in [0.717, 1.165) is 19.4 Å². The van der Waals surface area contributed by atoms with Crippen LogP contribution < -0.4 is 0 Å². The summed E-state index contributed by atoms with van der Waals surface area (Å²) in [6, 6.07) is 0. The summed E-state index contributed by atoms with van der Waals surface area (Å²) in [6.07, 6.45) is 3.42. The van der Waals surface area contributed by atoms with Gasteiger partial charge in [0.15, 0.2) is 0 Å². The van der Waals surface area contributed by atoms with Gasteiger partial charge in [0.05, 0.1) is 12.7 Å². The van der Waals surface area contributed by atoms with Gasteiger partial charge in [0, 0.05) is 13.0 Å². The number of rotatable bonds is 0. The normalized spacial score (nSPS) is 31.9. The highest BCUT2D eigenvalue weighted by atomic mass is 16.5. The smallest absolute Gasteiger partial charge is 0.0595 e. The zero-order valence-corrected chi connectivity index (χ0v) is 4.84. The van der Waals surface area contributed by atoms with Crippen molar-refractivity contribution in [2.24, 2.45) is 0 Å². The molecule has 0 saturated carbocycles. The second-order valence-electron chi connectivity index (χ2n) is 2.02. The largest absolute Gasteiger partial charge is 0.393 e. The number of ether oxygens (including phenoxy) is 1. The summed E-state index contributed by atoms with van der Waals surface area (Å²) in [5.74, 6) is 0. The molecule has 0 aromatic heterocycles. The number of aliphatic hydroxyl groups excluding tert-OH is 1. The maximum Gasteiger partial charge on any atom is 0.0595 e. The van der Waals surface area contributed by atoms with Crippen molar-refractivity contribution in [2.45, 2.75) is 18.9 Å². The van der Waals surface area contributed by atoms with Gasteiger partial charge in [0.1, 0.15) is 0 Å². The summed E-state index contributed by atoms with van der Waals surface area (Å²) in [5, 5.41) is 8.95. The molecule has 1 fully saturated rings. The van der Waals surface area contributed by atoms with Crippen LogP contribution in [-0.4, -0.2) is 24.4 Å². The fraction of sp³-hybridized carbons (Fsp3) is 0.833. The van der Waals surface area contributed by atoms with Crippen molar-refractivity contribution < 1.29 is 9.84 Å². The standard InChI is InChI=1S/C6H11O2/c7-6-2-1-4-8-5-3-6/h3,6-7H,1-2,4-5H2. The van der Waals surface area contributed by atoms with Crippen molar-refractivity contribution >= 4 is 0 Å². The summed E-state index contributed by atoms with van der Waals surface area (Å²) in [6.45, 7) is 1.41. The fourth-order valence-electron chi connectivity index (χ4n) is 0.775. The van der Waals surface area contributed by atoms with Crippen LogP contribution in [0.1, 0.15) is 12.8 Å². The highest BCUT2D eigenvalue weighted by Crippen LogP contribution is 2.05. The Balaban J connectivity index is 2.17. The molecule has 1 aliphatic heterocycles. The average molecular weight is 115 g/mol. The van der Waals surface area contributed by atoms with E-state index in [-0.39, 0.29) is 6.10 Å². The predicted octanol–water partition coefficient (Wildman–Crippen LogP) is 0.362. The molecule has 47 valence electrons. The summed E-state index contributed by atoms with van der Waals surface area (Å²) in [4.78, 5) is 0. The minimum Gasteiger partial charge on any atom is -0.393 e. The maximum atomic E-state index is 8.95. The van der Waals surface area contributed by atoms with Crippen LogP contribution in [0.5, 0.6) is 0 Å². The van der Waals surface area contributed by atoms with E-state index >= 15 is 0 Å². The molecule has 2 nitrogen and oxygen atoms in total. The Bertz CT molecular complexity index is 55.5. The van der Waals surface area contributed by atoms with Gasteiger partial charge < -0.3 is 9.84 Å². The molecular formula is C6H11O2. The molecule has 1 aliphatic rings. The first kappa shape index (κ1) is 6.05. The van der Waals surface area contributed by atoms with Crippen LogP contribution in [0.25, 0.3) is 0 Å². The number of hydrogen-bond donors (Lipinski definition) is 1. The second-order valence-corrected chi connectivity index (χ2v) is 2.02. The molecule has 0 spiro atoms. The lowest BCUT2D eigenvalue weighted by Crippen LogP contribution is -2.06. The molecule has 1 unspecified atom stereocenters. The molecule has 0 aromatic carbocycles. The summed E-state index contributed by atoms with van der Waals surface area (Å²) >= 11 is 0. The van der Waals surface area contributed by atoms with E-state index in [9.17, 15) is 0 Å². The molecule has 1 N–H and O–H groups in total. The molecule has 1 saturated heterocycles. The Morgan fingerprint density at radius 1 is 1.62 bits per heavy atom. The van der Waals surface area contributed by atoms with Crippen molar-refractivity contribution in [3.05, 3.63) is 6.42 Å². The maximum absolute atomic E-state index is 8.95. The van der Waals surface area contributed by atoms with E-state index < -0.39 is 0 Å². The quantitative estimate of drug-likeness (QED) is 0.494. The second kappa shape index (κ2) is 3.05. The highest BCUT2D eigenvalue weighted by Gasteiger charge is 2.07. The van der Waals surface area contributed by atoms with Crippen molar-refractivity contribution in [3.8, 4) is 0 Å². The molecule has 0 aliphatic carbocycles. The predicted molar refractivity (Wildman–Crippen MR) is 30.4 cm³/mol. The van der Waals surface area contributed by atoms with Gasteiger partial charge in [-0.25, -0.2) is 0 Å². The number of hydrogen-bond acceptors (Lipinski definition) is 2. The zero-order valence-electron chi connectivity index (χ0n) is 4.84. The average Bonchev–Trinajstić information content (AvgIpc) is 1.94. The molecule has 1 rings (SSSR count). The summed E-state index contributed by atoms with van der Waals surface area (Å²) < 4.78 is 5.05. The van der Waals surface area contributed by atoms with Crippen molar-refractivity contribution in [2.75, 3.05) is 13.2 Å². The van der Waals surface area contributed by atoms with E-state index in [0.29, 0.717) is 6.61 Å². The third-order valence-corrected chi connectivity index (χ3v) is 1.27. The first-order chi connectivity index (χ1) is 3.89. The first-order valence-electron chi connectivity index (χ1n) is 2.99. The van der Waals surface area contributed by atoms with Crippen LogP contribution in [0.4, 0.5) is 0 Å². The van der Waals surface area contributed by atoms with E-state index in [1.54, 1.807) is 6.42 Å². The van der Waals surface area contributed by atoms with E-state index in [1.807, 2.05) is 0 Å². The molecule has 1 atom stereocenters. The Morgan fingerprint density at radius 3 is 3.38 bits per heavy atom. The van der Waals surface area contributed by atoms with E-state index in [4.69, 9.17) is 9.84 Å². The zero-order chi connectivity index (χ0) is 5.82. The van der Waals surface area contributed by atoms with Gasteiger partial charge in [-0.3, -0.25) is 0 Å². The monoisotopic (exact) mass is 115 g/mol. The Hall–Kier alpha value is -0.0800. The molecule has 1 radical (unpaired) electrons. The van der Waals surface area contributed by atoms with Crippen LogP contribution in [-0.2, 0) is 4.74 Å². The Labute approximate surface area is 49.5 Å². The Morgan fingerprint density at radius 2 is 2.50 bits per heavy atom. The third-order valence-electron chi connectivity index (χ3n) is 1.27. The van der Waals surface area contributed by atoms with E-state index in [1.165, 1.54) is 0 Å². The van der Waals surface area contributed by atoms with Gasteiger partial charge >= 0.3 is 0 Å². The van der Waals surface area contributed by atoms with Crippen molar-refractivity contribution in [1.29, 1.82) is 0 Å². The van der Waals surface area contributed by atoms with E-state index in [2.05, 4.69) is 0 Å². The molecule has 8 heavy (non-hydrogen) atoms. The van der Waals surface area contributed by atoms with Crippen molar-refractivity contribution in [3.63, 3.8) is 0 Å². The van der Waals surface area contributed by atoms with Crippen molar-refractivity contribution in [1.82, 2.24) is 0 Å². The van der Waals surface area contributed by atoms with Crippen LogP contribution in [0, 0.1) is 6.42 Å². The van der Waals surface area contributed by atoms with Gasteiger partial charge in [-0.2, -0.15) is 0 Å². The van der Waals surface area contributed by atoms with Crippen LogP contribution in [0.15, 0.2) is 0 Å². The Kier molecular flexibility index (Phi) is 2.30. The number of aliphatic hydroxyl groups is 1. The van der Waals surface area contributed by atoms with Gasteiger partial charge in [-0.05, 0) is 12.8 Å². The van der Waals surface area contributed by atoms with Gasteiger partial charge in [-0.1, -0.05) is 0 Å². The van der Waals surface area contributed by atoms with Crippen LogP contribution in [0.2, 0.25) is 0 Å². The lowest BCUT2D eigenvalue weighted by molar-refractivity contribution is 0.156. The lowest BCUT2D eigenvalue weighted by Gasteiger charge is -2.00. The third kappa shape index (κ3) is 1.80. The minimum absolute atomic E-state index is 0.225.